The molecule has 0 bridgehead atoms. The van der Waals surface area contributed by atoms with E-state index in [0.29, 0.717) is 5.69 Å². The highest BCUT2D eigenvalue weighted by Crippen LogP contribution is 2.17. The van der Waals surface area contributed by atoms with Crippen molar-refractivity contribution in [2.75, 3.05) is 36.4 Å². The Morgan fingerprint density at radius 1 is 1.04 bits per heavy atom. The molecular weight excluding hydrogens is 305 g/mol. The van der Waals surface area contributed by atoms with Crippen LogP contribution in [0.1, 0.15) is 6.92 Å². The summed E-state index contributed by atoms with van der Waals surface area (Å²) in [6.45, 7) is 5.33. The Kier molecular flexibility index (Phi) is 5.11. The molecule has 1 aliphatic rings. The lowest BCUT2D eigenvalue weighted by Crippen LogP contribution is -2.52. The summed E-state index contributed by atoms with van der Waals surface area (Å²) in [7, 11) is 0. The van der Waals surface area contributed by atoms with Crippen LogP contribution >= 0.6 is 0 Å². The van der Waals surface area contributed by atoms with E-state index in [4.69, 9.17) is 0 Å². The van der Waals surface area contributed by atoms with Gasteiger partial charge < -0.3 is 10.2 Å². The monoisotopic (exact) mass is 327 g/mol. The van der Waals surface area contributed by atoms with Gasteiger partial charge in [-0.3, -0.25) is 9.69 Å². The van der Waals surface area contributed by atoms with Gasteiger partial charge in [-0.15, -0.1) is 0 Å². The molecule has 126 valence electrons. The fourth-order valence-electron chi connectivity index (χ4n) is 2.98. The molecule has 1 saturated heterocycles. The normalized spacial score (nSPS) is 16.7. The van der Waals surface area contributed by atoms with Crippen molar-refractivity contribution in [3.63, 3.8) is 0 Å². The van der Waals surface area contributed by atoms with Gasteiger partial charge in [0.25, 0.3) is 0 Å². The molecule has 0 radical (unpaired) electrons. The van der Waals surface area contributed by atoms with E-state index in [0.717, 1.165) is 26.2 Å². The van der Waals surface area contributed by atoms with Crippen LogP contribution in [-0.2, 0) is 4.79 Å². The van der Waals surface area contributed by atoms with Crippen molar-refractivity contribution < 1.29 is 9.18 Å². The number of halogens is 1. The number of nitrogens with one attached hydrogen (secondary N) is 1. The van der Waals surface area contributed by atoms with Crippen LogP contribution in [0.25, 0.3) is 0 Å². The van der Waals surface area contributed by atoms with E-state index < -0.39 is 0 Å². The van der Waals surface area contributed by atoms with Crippen molar-refractivity contribution in [1.29, 1.82) is 0 Å². The number of amides is 1. The zero-order valence-corrected chi connectivity index (χ0v) is 13.8. The number of carbonyl (C=O) groups is 1. The summed E-state index contributed by atoms with van der Waals surface area (Å²) >= 11 is 0. The maximum absolute atomic E-state index is 13.2. The van der Waals surface area contributed by atoms with Crippen molar-refractivity contribution in [3.8, 4) is 0 Å². The summed E-state index contributed by atoms with van der Waals surface area (Å²) in [5, 5.41) is 2.79. The third kappa shape index (κ3) is 3.92. The van der Waals surface area contributed by atoms with E-state index in [2.05, 4.69) is 27.2 Å². The molecule has 1 atom stereocenters. The largest absolute Gasteiger partial charge is 0.369 e. The molecule has 0 aromatic heterocycles. The number of rotatable bonds is 4. The number of anilines is 2. The highest BCUT2D eigenvalue weighted by Gasteiger charge is 2.25. The van der Waals surface area contributed by atoms with Crippen molar-refractivity contribution >= 4 is 17.3 Å². The van der Waals surface area contributed by atoms with Gasteiger partial charge in [0.2, 0.25) is 5.91 Å². The Balaban J connectivity index is 1.55. The number of carbonyl (C=O) groups excluding carboxylic acids is 1. The SMILES string of the molecule is C[C@@H](C(=O)Nc1cccc(F)c1)N1CCN(c2ccccc2)CC1. The topological polar surface area (TPSA) is 35.6 Å². The molecule has 0 aliphatic carbocycles. The third-order valence-corrected chi connectivity index (χ3v) is 4.45. The quantitative estimate of drug-likeness (QED) is 0.938. The van der Waals surface area contributed by atoms with E-state index in [1.54, 1.807) is 12.1 Å². The number of benzene rings is 2. The number of para-hydroxylation sites is 1. The van der Waals surface area contributed by atoms with Crippen LogP contribution < -0.4 is 10.2 Å². The predicted octanol–water partition coefficient (Wildman–Crippen LogP) is 2.97. The summed E-state index contributed by atoms with van der Waals surface area (Å²) in [6.07, 6.45) is 0. The minimum atomic E-state index is -0.350. The maximum Gasteiger partial charge on any atom is 0.241 e. The summed E-state index contributed by atoms with van der Waals surface area (Å²) in [5.74, 6) is -0.453. The zero-order valence-electron chi connectivity index (χ0n) is 13.8. The maximum atomic E-state index is 13.2. The molecule has 0 spiro atoms. The van der Waals surface area contributed by atoms with Crippen LogP contribution in [-0.4, -0.2) is 43.0 Å². The van der Waals surface area contributed by atoms with Gasteiger partial charge in [0.15, 0.2) is 0 Å². The number of nitrogens with zero attached hydrogens (tertiary/aromatic N) is 2. The molecule has 1 N–H and O–H groups in total. The second-order valence-corrected chi connectivity index (χ2v) is 6.03. The molecule has 24 heavy (non-hydrogen) atoms. The Bertz CT molecular complexity index is 684. The fraction of sp³-hybridized carbons (Fsp3) is 0.316. The average molecular weight is 327 g/mol. The fourth-order valence-corrected chi connectivity index (χ4v) is 2.98. The second kappa shape index (κ2) is 7.45. The highest BCUT2D eigenvalue weighted by atomic mass is 19.1. The highest BCUT2D eigenvalue weighted by molar-refractivity contribution is 5.94. The van der Waals surface area contributed by atoms with Crippen molar-refractivity contribution in [2.45, 2.75) is 13.0 Å². The number of hydrogen-bond acceptors (Lipinski definition) is 3. The number of piperazine rings is 1. The van der Waals surface area contributed by atoms with Crippen LogP contribution in [0.2, 0.25) is 0 Å². The molecule has 1 heterocycles. The van der Waals surface area contributed by atoms with E-state index in [9.17, 15) is 9.18 Å². The molecule has 2 aromatic carbocycles. The first-order chi connectivity index (χ1) is 11.6. The van der Waals surface area contributed by atoms with Crippen LogP contribution in [0.4, 0.5) is 15.8 Å². The predicted molar refractivity (Wildman–Crippen MR) is 94.7 cm³/mol. The summed E-state index contributed by atoms with van der Waals surface area (Å²) in [5.41, 5.74) is 1.71. The van der Waals surface area contributed by atoms with Gasteiger partial charge in [-0.1, -0.05) is 24.3 Å². The van der Waals surface area contributed by atoms with Gasteiger partial charge in [0.05, 0.1) is 6.04 Å². The van der Waals surface area contributed by atoms with Crippen LogP contribution in [0.5, 0.6) is 0 Å². The summed E-state index contributed by atoms with van der Waals surface area (Å²) < 4.78 is 13.2. The van der Waals surface area contributed by atoms with E-state index >= 15 is 0 Å². The Morgan fingerprint density at radius 2 is 1.75 bits per heavy atom. The molecule has 4 nitrogen and oxygen atoms in total. The van der Waals surface area contributed by atoms with Crippen molar-refractivity contribution in [2.24, 2.45) is 0 Å². The van der Waals surface area contributed by atoms with Gasteiger partial charge in [-0.05, 0) is 37.3 Å². The molecule has 5 heteroatoms. The van der Waals surface area contributed by atoms with E-state index in [1.165, 1.54) is 17.8 Å². The van der Waals surface area contributed by atoms with Gasteiger partial charge in [-0.25, -0.2) is 4.39 Å². The van der Waals surface area contributed by atoms with Gasteiger partial charge >= 0.3 is 0 Å². The Hall–Kier alpha value is -2.40. The minimum Gasteiger partial charge on any atom is -0.369 e. The zero-order chi connectivity index (χ0) is 16.9. The van der Waals surface area contributed by atoms with Crippen LogP contribution in [0, 0.1) is 5.82 Å². The average Bonchev–Trinajstić information content (AvgIpc) is 2.62. The first-order valence-corrected chi connectivity index (χ1v) is 8.24. The molecule has 0 saturated carbocycles. The molecule has 3 rings (SSSR count). The molecule has 1 fully saturated rings. The van der Waals surface area contributed by atoms with Crippen molar-refractivity contribution in [3.05, 3.63) is 60.4 Å². The lowest BCUT2D eigenvalue weighted by molar-refractivity contribution is -0.120. The standard InChI is InChI=1S/C19H22FN3O/c1-15(19(24)21-17-7-5-6-16(20)14-17)22-10-12-23(13-11-22)18-8-3-2-4-9-18/h2-9,14-15H,10-13H2,1H3,(H,21,24)/t15-/m0/s1. The van der Waals surface area contributed by atoms with Crippen LogP contribution in [0.15, 0.2) is 54.6 Å². The number of hydrogen-bond donors (Lipinski definition) is 1. The second-order valence-electron chi connectivity index (χ2n) is 6.03. The lowest BCUT2D eigenvalue weighted by atomic mass is 10.2. The third-order valence-electron chi connectivity index (χ3n) is 4.45. The van der Waals surface area contributed by atoms with Gasteiger partial charge in [0.1, 0.15) is 5.82 Å². The lowest BCUT2D eigenvalue weighted by Gasteiger charge is -2.38. The first-order valence-electron chi connectivity index (χ1n) is 8.24. The van der Waals surface area contributed by atoms with E-state index in [1.807, 2.05) is 25.1 Å². The summed E-state index contributed by atoms with van der Waals surface area (Å²) in [4.78, 5) is 16.9. The minimum absolute atomic E-state index is 0.103. The Morgan fingerprint density at radius 3 is 2.42 bits per heavy atom. The molecule has 0 unspecified atom stereocenters. The van der Waals surface area contributed by atoms with Gasteiger partial charge in [-0.2, -0.15) is 0 Å². The Labute approximate surface area is 141 Å². The van der Waals surface area contributed by atoms with Crippen LogP contribution in [0.3, 0.4) is 0 Å². The van der Waals surface area contributed by atoms with E-state index in [-0.39, 0.29) is 17.8 Å². The molecule has 2 aromatic rings. The van der Waals surface area contributed by atoms with Crippen molar-refractivity contribution in [1.82, 2.24) is 4.90 Å². The first kappa shape index (κ1) is 16.5. The molecule has 1 aliphatic heterocycles. The smallest absolute Gasteiger partial charge is 0.241 e. The summed E-state index contributed by atoms with van der Waals surface area (Å²) in [6, 6.07) is 16.0. The van der Waals surface area contributed by atoms with Gasteiger partial charge in [0, 0.05) is 37.6 Å². The molecule has 1 amide bonds. The molecular formula is C19H22FN3O.